The number of carbonyl (C=O) groups excluding carboxylic acids is 6. The Morgan fingerprint density at radius 3 is 1.58 bits per heavy atom. The predicted molar refractivity (Wildman–Crippen MR) is 153 cm³/mol. The van der Waals surface area contributed by atoms with E-state index in [1.54, 1.807) is 6.92 Å². The minimum Gasteiger partial charge on any atom is -0.463 e. The molecular formula is C31H44O12. The number of hydrogen-bond donors (Lipinski definition) is 0. The van der Waals surface area contributed by atoms with Crippen LogP contribution in [0.5, 0.6) is 0 Å². The van der Waals surface area contributed by atoms with Gasteiger partial charge in [-0.15, -0.1) is 0 Å². The number of rotatable bonds is 22. The van der Waals surface area contributed by atoms with Crippen molar-refractivity contribution in [3.05, 3.63) is 38.0 Å². The van der Waals surface area contributed by atoms with Gasteiger partial charge in [-0.3, -0.25) is 14.4 Å². The van der Waals surface area contributed by atoms with Crippen LogP contribution in [0.15, 0.2) is 38.0 Å². The molecule has 1 aliphatic rings. The van der Waals surface area contributed by atoms with Gasteiger partial charge in [0.05, 0.1) is 32.5 Å². The zero-order chi connectivity index (χ0) is 32.0. The molecule has 0 N–H and O–H groups in total. The average molecular weight is 609 g/mol. The van der Waals surface area contributed by atoms with Gasteiger partial charge in [-0.25, -0.2) is 14.4 Å². The fourth-order valence-electron chi connectivity index (χ4n) is 4.24. The molecule has 43 heavy (non-hydrogen) atoms. The van der Waals surface area contributed by atoms with Crippen LogP contribution in [0.3, 0.4) is 0 Å². The normalized spacial score (nSPS) is 19.3. The highest BCUT2D eigenvalue weighted by Gasteiger charge is 2.43. The highest BCUT2D eigenvalue weighted by molar-refractivity contribution is 5.82. The van der Waals surface area contributed by atoms with Crippen LogP contribution in [-0.4, -0.2) is 80.4 Å². The molecule has 0 aromatic heterocycles. The molecule has 1 fully saturated rings. The molecule has 0 amide bonds. The summed E-state index contributed by atoms with van der Waals surface area (Å²) in [6.07, 6.45) is 3.94. The Hall–Kier alpha value is -3.80. The van der Waals surface area contributed by atoms with Crippen molar-refractivity contribution >= 4 is 35.6 Å². The minimum atomic E-state index is -0.839. The quantitative estimate of drug-likeness (QED) is 0.0763. The molecule has 12 heteroatoms. The summed E-state index contributed by atoms with van der Waals surface area (Å²) in [5.41, 5.74) is 0. The van der Waals surface area contributed by atoms with Crippen LogP contribution < -0.4 is 0 Å². The third-order valence-electron chi connectivity index (χ3n) is 6.53. The molecule has 0 spiro atoms. The summed E-state index contributed by atoms with van der Waals surface area (Å²) in [6.45, 7) is 12.2. The molecule has 4 atom stereocenters. The molecule has 1 unspecified atom stereocenters. The number of Topliss-reactive ketones (excluding diaryl/α,β-unsaturated/α-hetero) is 1. The lowest BCUT2D eigenvalue weighted by molar-refractivity contribution is -0.200. The molecule has 0 aromatic rings. The van der Waals surface area contributed by atoms with Crippen LogP contribution in [0.2, 0.25) is 0 Å². The van der Waals surface area contributed by atoms with Gasteiger partial charge in [-0.1, -0.05) is 19.7 Å². The molecule has 0 aliphatic carbocycles. The van der Waals surface area contributed by atoms with Crippen LogP contribution in [-0.2, 0) is 57.2 Å². The van der Waals surface area contributed by atoms with Crippen molar-refractivity contribution in [1.82, 2.24) is 0 Å². The molecule has 0 aromatic carbocycles. The molecule has 1 aliphatic heterocycles. The lowest BCUT2D eigenvalue weighted by Crippen LogP contribution is -2.52. The largest absolute Gasteiger partial charge is 0.463 e. The maximum Gasteiger partial charge on any atom is 0.330 e. The summed E-state index contributed by atoms with van der Waals surface area (Å²) >= 11 is 0. The van der Waals surface area contributed by atoms with Crippen molar-refractivity contribution in [2.24, 2.45) is 5.92 Å². The first-order valence-corrected chi connectivity index (χ1v) is 14.5. The molecule has 1 rings (SSSR count). The Morgan fingerprint density at radius 1 is 0.674 bits per heavy atom. The summed E-state index contributed by atoms with van der Waals surface area (Å²) in [5, 5.41) is 0. The number of carbonyl (C=O) groups is 6. The van der Waals surface area contributed by atoms with Crippen molar-refractivity contribution in [3.63, 3.8) is 0 Å². The van der Waals surface area contributed by atoms with Gasteiger partial charge < -0.3 is 28.4 Å². The number of hydrogen-bond acceptors (Lipinski definition) is 12. The zero-order valence-corrected chi connectivity index (χ0v) is 25.0. The van der Waals surface area contributed by atoms with Gasteiger partial charge in [0.1, 0.15) is 18.0 Å². The van der Waals surface area contributed by atoms with E-state index in [4.69, 9.17) is 28.4 Å². The van der Waals surface area contributed by atoms with Crippen molar-refractivity contribution in [3.8, 4) is 0 Å². The van der Waals surface area contributed by atoms with Gasteiger partial charge in [0.15, 0.2) is 0 Å². The van der Waals surface area contributed by atoms with E-state index in [1.807, 2.05) is 0 Å². The third-order valence-corrected chi connectivity index (χ3v) is 6.53. The maximum absolute atomic E-state index is 12.9. The molecule has 1 heterocycles. The molecule has 0 bridgehead atoms. The SMILES string of the molecule is C=CC(=O)OCCCCC(=O)C[C@H]1[C@H](OC(=O)CCCCOC(=O)C=C)COC(C)[C@@H]1OC(=O)CCCCOC(=O)C=C. The van der Waals surface area contributed by atoms with E-state index in [-0.39, 0.29) is 57.9 Å². The summed E-state index contributed by atoms with van der Waals surface area (Å²) in [7, 11) is 0. The van der Waals surface area contributed by atoms with Crippen LogP contribution in [0.25, 0.3) is 0 Å². The monoisotopic (exact) mass is 608 g/mol. The lowest BCUT2D eigenvalue weighted by atomic mass is 9.85. The van der Waals surface area contributed by atoms with E-state index in [1.165, 1.54) is 0 Å². The fraction of sp³-hybridized carbons (Fsp3) is 0.613. The van der Waals surface area contributed by atoms with Crippen molar-refractivity contribution in [1.29, 1.82) is 0 Å². The van der Waals surface area contributed by atoms with Gasteiger partial charge in [-0.2, -0.15) is 0 Å². The molecule has 1 saturated heterocycles. The number of ketones is 1. The lowest BCUT2D eigenvalue weighted by Gasteiger charge is -2.40. The standard InChI is InChI=1S/C31H44O12/c1-5-26(33)38-17-11-8-14-23(32)20-24-25(42-29(36)15-9-12-18-39-27(34)6-2)21-41-22(4)31(24)43-30(37)16-10-13-19-40-28(35)7-3/h5-7,22,24-25,31H,1-3,8-21H2,4H3/t22?,24-,25+,31-/m0/s1. The molecular weight excluding hydrogens is 564 g/mol. The van der Waals surface area contributed by atoms with Gasteiger partial charge in [-0.05, 0) is 45.4 Å². The third kappa shape index (κ3) is 16.4. The Balaban J connectivity index is 2.77. The predicted octanol–water partition coefficient (Wildman–Crippen LogP) is 3.50. The Kier molecular flexibility index (Phi) is 18.9. The van der Waals surface area contributed by atoms with E-state index < -0.39 is 54.1 Å². The van der Waals surface area contributed by atoms with E-state index in [2.05, 4.69) is 19.7 Å². The van der Waals surface area contributed by atoms with Gasteiger partial charge >= 0.3 is 29.8 Å². The van der Waals surface area contributed by atoms with Crippen LogP contribution in [0.1, 0.15) is 71.1 Å². The maximum atomic E-state index is 12.9. The van der Waals surface area contributed by atoms with E-state index in [9.17, 15) is 28.8 Å². The minimum absolute atomic E-state index is 0.00888. The van der Waals surface area contributed by atoms with Gasteiger partial charge in [0.2, 0.25) is 0 Å². The molecule has 12 nitrogen and oxygen atoms in total. The van der Waals surface area contributed by atoms with E-state index in [0.29, 0.717) is 38.5 Å². The average Bonchev–Trinajstić information content (AvgIpc) is 2.99. The summed E-state index contributed by atoms with van der Waals surface area (Å²) in [5.74, 6) is -3.41. The van der Waals surface area contributed by atoms with Crippen LogP contribution >= 0.6 is 0 Å². The Morgan fingerprint density at radius 2 is 1.12 bits per heavy atom. The molecule has 0 saturated carbocycles. The Bertz CT molecular complexity index is 972. The second kappa shape index (κ2) is 21.8. The Labute approximate surface area is 252 Å². The molecule has 240 valence electrons. The highest BCUT2D eigenvalue weighted by atomic mass is 16.6. The zero-order valence-electron chi connectivity index (χ0n) is 25.0. The van der Waals surface area contributed by atoms with Crippen molar-refractivity contribution in [2.75, 3.05) is 26.4 Å². The van der Waals surface area contributed by atoms with Crippen LogP contribution in [0, 0.1) is 5.92 Å². The first-order chi connectivity index (χ1) is 20.6. The van der Waals surface area contributed by atoms with Gasteiger partial charge in [0, 0.05) is 49.8 Å². The summed E-state index contributed by atoms with van der Waals surface area (Å²) in [6, 6.07) is 0. The van der Waals surface area contributed by atoms with Crippen molar-refractivity contribution < 1.29 is 57.2 Å². The highest BCUT2D eigenvalue weighted by Crippen LogP contribution is 2.31. The number of unbranched alkanes of at least 4 members (excludes halogenated alkanes) is 3. The van der Waals surface area contributed by atoms with E-state index in [0.717, 1.165) is 18.2 Å². The first kappa shape index (κ1) is 37.2. The second-order valence-electron chi connectivity index (χ2n) is 9.91. The molecule has 0 radical (unpaired) electrons. The fourth-order valence-corrected chi connectivity index (χ4v) is 4.24. The van der Waals surface area contributed by atoms with E-state index >= 15 is 0 Å². The number of esters is 5. The second-order valence-corrected chi connectivity index (χ2v) is 9.91. The van der Waals surface area contributed by atoms with Crippen LogP contribution in [0.4, 0.5) is 0 Å². The van der Waals surface area contributed by atoms with Crippen molar-refractivity contribution in [2.45, 2.75) is 89.4 Å². The summed E-state index contributed by atoms with van der Waals surface area (Å²) in [4.78, 5) is 71.7. The van der Waals surface area contributed by atoms with Gasteiger partial charge in [0.25, 0.3) is 0 Å². The summed E-state index contributed by atoms with van der Waals surface area (Å²) < 4.78 is 31.9. The smallest absolute Gasteiger partial charge is 0.330 e. The number of ether oxygens (including phenoxy) is 6. The topological polar surface area (TPSA) is 158 Å². The first-order valence-electron chi connectivity index (χ1n) is 14.5.